The summed E-state index contributed by atoms with van der Waals surface area (Å²) < 4.78 is 10.6. The van der Waals surface area contributed by atoms with E-state index in [0.29, 0.717) is 6.42 Å². The molecule has 1 rings (SSSR count). The van der Waals surface area contributed by atoms with Crippen LogP contribution in [-0.2, 0) is 19.1 Å². The number of rotatable bonds is 58. The predicted octanol–water partition coefficient (Wildman–Crippen LogP) is 21.1. The molecule has 0 bridgehead atoms. The number of carbonyl (C=O) groups excluding carboxylic acids is 2. The standard InChI is InChI=1S/C67H128O6/c1-2-3-4-5-6-7-8-9-10-11-12-13-14-15-16-17-18-19-20-21-22-23-24-25-26-27-28-29-30-31-32-33-34-35-36-37-38-39-40-41-42-43-44-45-46-47-48-49-50-51-52-53-54-55-56-57-58-64-59-65(70)72-62-67(60-68,61-69)63-73-66(64)71/h53-54,64,68-69H,2-52,55-63H2,1H3/b54-53+. The van der Waals surface area contributed by atoms with Gasteiger partial charge in [-0.1, -0.05) is 340 Å². The molecule has 0 radical (unpaired) electrons. The highest BCUT2D eigenvalue weighted by molar-refractivity contribution is 5.80. The molecule has 0 aromatic rings. The summed E-state index contributed by atoms with van der Waals surface area (Å²) in [6.07, 6.45) is 81.8. The van der Waals surface area contributed by atoms with E-state index in [1.54, 1.807) is 0 Å². The van der Waals surface area contributed by atoms with Crippen molar-refractivity contribution in [1.82, 2.24) is 0 Å². The summed E-state index contributed by atoms with van der Waals surface area (Å²) in [6, 6.07) is 0. The van der Waals surface area contributed by atoms with Crippen molar-refractivity contribution in [2.24, 2.45) is 11.3 Å². The van der Waals surface area contributed by atoms with E-state index in [1.165, 1.54) is 321 Å². The Balaban J connectivity index is 1.67. The van der Waals surface area contributed by atoms with Crippen LogP contribution in [0.5, 0.6) is 0 Å². The quantitative estimate of drug-likeness (QED) is 0.0358. The van der Waals surface area contributed by atoms with Crippen molar-refractivity contribution in [3.63, 3.8) is 0 Å². The van der Waals surface area contributed by atoms with Crippen LogP contribution in [0, 0.1) is 11.3 Å². The Labute approximate surface area is 455 Å². The van der Waals surface area contributed by atoms with Gasteiger partial charge in [0.05, 0.1) is 31.0 Å². The fourth-order valence-corrected chi connectivity index (χ4v) is 11.1. The Morgan fingerprint density at radius 1 is 0.356 bits per heavy atom. The third-order valence-electron chi connectivity index (χ3n) is 16.5. The van der Waals surface area contributed by atoms with Crippen LogP contribution >= 0.6 is 0 Å². The van der Waals surface area contributed by atoms with E-state index >= 15 is 0 Å². The average molecular weight is 1030 g/mol. The van der Waals surface area contributed by atoms with Crippen molar-refractivity contribution in [2.75, 3.05) is 26.4 Å². The molecule has 1 aliphatic heterocycles. The lowest BCUT2D eigenvalue weighted by Crippen LogP contribution is -2.40. The molecular formula is C67H128O6. The van der Waals surface area contributed by atoms with E-state index in [2.05, 4.69) is 19.1 Å². The van der Waals surface area contributed by atoms with Crippen LogP contribution in [-0.4, -0.2) is 48.6 Å². The zero-order valence-electron chi connectivity index (χ0n) is 49.2. The van der Waals surface area contributed by atoms with Gasteiger partial charge in [0.2, 0.25) is 0 Å². The van der Waals surface area contributed by atoms with E-state index in [0.717, 1.165) is 25.7 Å². The molecule has 0 aromatic heterocycles. The zero-order chi connectivity index (χ0) is 52.5. The number of carbonyl (C=O) groups is 2. The van der Waals surface area contributed by atoms with Crippen LogP contribution in [0.25, 0.3) is 0 Å². The minimum Gasteiger partial charge on any atom is -0.465 e. The molecule has 1 saturated heterocycles. The van der Waals surface area contributed by atoms with E-state index in [4.69, 9.17) is 9.47 Å². The summed E-state index contributed by atoms with van der Waals surface area (Å²) in [4.78, 5) is 24.7. The minimum absolute atomic E-state index is 0.0124. The molecule has 1 heterocycles. The number of aliphatic hydroxyl groups is 2. The normalized spacial score (nSPS) is 15.2. The summed E-state index contributed by atoms with van der Waals surface area (Å²) in [5.41, 5.74) is -1.13. The van der Waals surface area contributed by atoms with Gasteiger partial charge in [0.1, 0.15) is 13.2 Å². The molecule has 6 nitrogen and oxygen atoms in total. The summed E-state index contributed by atoms with van der Waals surface area (Å²) in [5, 5.41) is 19.2. The molecule has 1 aliphatic rings. The fourth-order valence-electron chi connectivity index (χ4n) is 11.1. The number of allylic oxidation sites excluding steroid dienone is 2. The second-order valence-electron chi connectivity index (χ2n) is 23.9. The van der Waals surface area contributed by atoms with Crippen molar-refractivity contribution >= 4 is 11.9 Å². The number of cyclic esters (lactones) is 2. The van der Waals surface area contributed by atoms with Gasteiger partial charge in [-0.15, -0.1) is 0 Å². The van der Waals surface area contributed by atoms with Gasteiger partial charge in [-0.25, -0.2) is 0 Å². The number of hydrogen-bond donors (Lipinski definition) is 2. The first kappa shape index (κ1) is 69.6. The molecule has 73 heavy (non-hydrogen) atoms. The molecule has 6 heteroatoms. The molecule has 1 atom stereocenters. The second-order valence-corrected chi connectivity index (χ2v) is 23.9. The number of unbranched alkanes of at least 4 members (excludes halogenated alkanes) is 52. The minimum atomic E-state index is -1.13. The molecule has 432 valence electrons. The van der Waals surface area contributed by atoms with Crippen molar-refractivity contribution < 1.29 is 29.3 Å². The van der Waals surface area contributed by atoms with Crippen LogP contribution in [0.3, 0.4) is 0 Å². The molecular weight excluding hydrogens is 901 g/mol. The SMILES string of the molecule is CCCCCCCCCCCCCCCCCCCCCCCCCCCCCCCCCCCCCCCCCCCCCCCCCCCC/C=C/CCCCC1CC(=O)OCC(CO)(CO)COC1=O. The predicted molar refractivity (Wildman–Crippen MR) is 315 cm³/mol. The Morgan fingerprint density at radius 2 is 0.589 bits per heavy atom. The van der Waals surface area contributed by atoms with E-state index in [9.17, 15) is 19.8 Å². The summed E-state index contributed by atoms with van der Waals surface area (Å²) in [7, 11) is 0. The number of aliphatic hydroxyl groups excluding tert-OH is 2. The summed E-state index contributed by atoms with van der Waals surface area (Å²) in [6.45, 7) is 1.18. The van der Waals surface area contributed by atoms with Crippen molar-refractivity contribution in [3.05, 3.63) is 12.2 Å². The van der Waals surface area contributed by atoms with Crippen molar-refractivity contribution in [2.45, 2.75) is 366 Å². The highest BCUT2D eigenvalue weighted by Crippen LogP contribution is 2.25. The van der Waals surface area contributed by atoms with Gasteiger partial charge in [-0.2, -0.15) is 0 Å². The summed E-state index contributed by atoms with van der Waals surface area (Å²) >= 11 is 0. The molecule has 0 spiro atoms. The highest BCUT2D eigenvalue weighted by atomic mass is 16.6. The topological polar surface area (TPSA) is 93.1 Å². The molecule has 1 unspecified atom stereocenters. The van der Waals surface area contributed by atoms with E-state index < -0.39 is 36.5 Å². The molecule has 0 saturated carbocycles. The average Bonchev–Trinajstić information content (AvgIpc) is 3.46. The molecule has 0 amide bonds. The van der Waals surface area contributed by atoms with Gasteiger partial charge >= 0.3 is 11.9 Å². The van der Waals surface area contributed by atoms with E-state index in [1.807, 2.05) is 0 Å². The first-order valence-electron chi connectivity index (χ1n) is 33.3. The van der Waals surface area contributed by atoms with Gasteiger partial charge in [-0.05, 0) is 32.1 Å². The van der Waals surface area contributed by atoms with Gasteiger partial charge in [0.25, 0.3) is 0 Å². The highest BCUT2D eigenvalue weighted by Gasteiger charge is 2.36. The Bertz CT molecular complexity index is 1150. The largest absolute Gasteiger partial charge is 0.465 e. The van der Waals surface area contributed by atoms with Crippen LogP contribution in [0.2, 0.25) is 0 Å². The van der Waals surface area contributed by atoms with Crippen molar-refractivity contribution in [3.8, 4) is 0 Å². The zero-order valence-corrected chi connectivity index (χ0v) is 49.2. The number of esters is 2. The smallest absolute Gasteiger partial charge is 0.309 e. The Morgan fingerprint density at radius 3 is 0.849 bits per heavy atom. The first-order valence-corrected chi connectivity index (χ1v) is 33.3. The third kappa shape index (κ3) is 48.7. The van der Waals surface area contributed by atoms with Gasteiger partial charge < -0.3 is 19.7 Å². The number of ether oxygens (including phenoxy) is 2. The Kier molecular flexibility index (Phi) is 54.2. The first-order chi connectivity index (χ1) is 36.1. The lowest BCUT2D eigenvalue weighted by atomic mass is 9.92. The van der Waals surface area contributed by atoms with Crippen molar-refractivity contribution in [1.29, 1.82) is 0 Å². The maximum Gasteiger partial charge on any atom is 0.309 e. The van der Waals surface area contributed by atoms with E-state index in [-0.39, 0.29) is 19.6 Å². The summed E-state index contributed by atoms with van der Waals surface area (Å²) in [5.74, 6) is -1.45. The molecule has 2 N–H and O–H groups in total. The second kappa shape index (κ2) is 56.8. The number of hydrogen-bond acceptors (Lipinski definition) is 6. The van der Waals surface area contributed by atoms with Gasteiger partial charge in [0.15, 0.2) is 0 Å². The van der Waals surface area contributed by atoms with Crippen LogP contribution < -0.4 is 0 Å². The third-order valence-corrected chi connectivity index (χ3v) is 16.5. The molecule has 1 fully saturated rings. The molecule has 0 aromatic carbocycles. The van der Waals surface area contributed by atoms with Crippen LogP contribution in [0.1, 0.15) is 366 Å². The monoisotopic (exact) mass is 1030 g/mol. The fraction of sp³-hybridized carbons (Fsp3) is 0.940. The van der Waals surface area contributed by atoms with Gasteiger partial charge in [0, 0.05) is 0 Å². The van der Waals surface area contributed by atoms with Crippen LogP contribution in [0.15, 0.2) is 12.2 Å². The molecule has 0 aliphatic carbocycles. The van der Waals surface area contributed by atoms with Gasteiger partial charge in [-0.3, -0.25) is 9.59 Å². The Hall–Kier alpha value is -1.40. The maximum atomic E-state index is 12.5. The van der Waals surface area contributed by atoms with Crippen LogP contribution in [0.4, 0.5) is 0 Å². The lowest BCUT2D eigenvalue weighted by Gasteiger charge is -2.27. The lowest BCUT2D eigenvalue weighted by molar-refractivity contribution is -0.155. The maximum absolute atomic E-state index is 12.5.